The van der Waals surface area contributed by atoms with Gasteiger partial charge in [0.1, 0.15) is 19.3 Å². The van der Waals surface area contributed by atoms with Gasteiger partial charge in [-0.25, -0.2) is 9.13 Å². The Bertz CT molecular complexity index is 2100. The molecule has 98 heavy (non-hydrogen) atoms. The van der Waals surface area contributed by atoms with E-state index in [0.717, 1.165) is 161 Å². The molecule has 19 heteroatoms. The first-order valence-corrected chi connectivity index (χ1v) is 42.5. The topological polar surface area (TPSA) is 237 Å². The van der Waals surface area contributed by atoms with Gasteiger partial charge in [0.15, 0.2) is 12.2 Å². The van der Waals surface area contributed by atoms with Crippen LogP contribution in [-0.2, 0) is 65.4 Å². The van der Waals surface area contributed by atoms with Gasteiger partial charge in [-0.2, -0.15) is 0 Å². The molecular weight excluding hydrogens is 1280 g/mol. The highest BCUT2D eigenvalue weighted by molar-refractivity contribution is 7.47. The van der Waals surface area contributed by atoms with E-state index in [1.165, 1.54) is 122 Å². The molecule has 0 amide bonds. The zero-order valence-corrected chi connectivity index (χ0v) is 64.3. The number of ether oxygens (including phenoxy) is 4. The summed E-state index contributed by atoms with van der Waals surface area (Å²) in [7, 11) is -9.95. The summed E-state index contributed by atoms with van der Waals surface area (Å²) in [6, 6.07) is 0. The average molecular weight is 1430 g/mol. The molecule has 0 spiro atoms. The third-order valence-electron chi connectivity index (χ3n) is 16.9. The van der Waals surface area contributed by atoms with Crippen LogP contribution in [0.3, 0.4) is 0 Å². The Morgan fingerprint density at radius 3 is 0.796 bits per heavy atom. The zero-order valence-electron chi connectivity index (χ0n) is 62.5. The van der Waals surface area contributed by atoms with Gasteiger partial charge in [0.25, 0.3) is 0 Å². The number of esters is 4. The van der Waals surface area contributed by atoms with Crippen LogP contribution in [-0.4, -0.2) is 96.7 Å². The molecule has 0 radical (unpaired) electrons. The Labute approximate surface area is 597 Å². The van der Waals surface area contributed by atoms with Gasteiger partial charge in [-0.05, 0) is 135 Å². The lowest BCUT2D eigenvalue weighted by Gasteiger charge is -2.21. The van der Waals surface area contributed by atoms with Crippen LogP contribution in [0.5, 0.6) is 0 Å². The number of allylic oxidation sites excluding steroid dienone is 10. The Balaban J connectivity index is 5.35. The molecule has 0 aromatic heterocycles. The van der Waals surface area contributed by atoms with Crippen LogP contribution in [0.15, 0.2) is 60.8 Å². The smallest absolute Gasteiger partial charge is 0.462 e. The van der Waals surface area contributed by atoms with Crippen molar-refractivity contribution in [2.45, 2.75) is 380 Å². The summed E-state index contributed by atoms with van der Waals surface area (Å²) in [4.78, 5) is 72.9. The van der Waals surface area contributed by atoms with Crippen molar-refractivity contribution in [3.63, 3.8) is 0 Å². The predicted octanol–water partition coefficient (Wildman–Crippen LogP) is 22.7. The fourth-order valence-corrected chi connectivity index (χ4v) is 12.4. The van der Waals surface area contributed by atoms with Gasteiger partial charge in [-0.1, -0.05) is 262 Å². The Hall–Kier alpha value is -3.24. The van der Waals surface area contributed by atoms with E-state index in [9.17, 15) is 43.2 Å². The normalized spacial score (nSPS) is 14.2. The van der Waals surface area contributed by atoms with Crippen LogP contribution >= 0.6 is 15.6 Å². The fourth-order valence-electron chi connectivity index (χ4n) is 10.8. The molecule has 0 bridgehead atoms. The summed E-state index contributed by atoms with van der Waals surface area (Å²) >= 11 is 0. The predicted molar refractivity (Wildman–Crippen MR) is 400 cm³/mol. The Kier molecular flexibility index (Phi) is 69.7. The number of phosphoric acid groups is 2. The number of phosphoric ester groups is 2. The van der Waals surface area contributed by atoms with Crippen LogP contribution < -0.4 is 0 Å². The van der Waals surface area contributed by atoms with Gasteiger partial charge in [0.05, 0.1) is 26.4 Å². The molecule has 0 aliphatic heterocycles. The zero-order chi connectivity index (χ0) is 71.8. The van der Waals surface area contributed by atoms with Crippen molar-refractivity contribution in [2.75, 3.05) is 39.6 Å². The SMILES string of the molecule is CCCCC/C=C\C/C=C\CCCCCCCC(=O)O[C@H](COC(=O)CCCCCCC/C=C\CCCCCCCC)COP(=O)(O)OC[C@H](O)COP(=O)(O)OC[C@@H](COC(=O)CCCCCCC/C=C\CCCCCCCC)OC(=O)CCCCCCC/C=C\CCCCCC. The molecule has 0 aliphatic rings. The first kappa shape index (κ1) is 94.8. The van der Waals surface area contributed by atoms with E-state index in [2.05, 4.69) is 88.5 Å². The van der Waals surface area contributed by atoms with Gasteiger partial charge >= 0.3 is 39.5 Å². The second kappa shape index (κ2) is 72.1. The number of rotatable bonds is 75. The third-order valence-corrected chi connectivity index (χ3v) is 18.8. The van der Waals surface area contributed by atoms with Crippen molar-refractivity contribution >= 4 is 39.5 Å². The number of hydrogen-bond acceptors (Lipinski definition) is 15. The minimum absolute atomic E-state index is 0.0808. The molecule has 17 nitrogen and oxygen atoms in total. The highest BCUT2D eigenvalue weighted by Crippen LogP contribution is 2.45. The van der Waals surface area contributed by atoms with Crippen molar-refractivity contribution < 1.29 is 80.2 Å². The molecule has 0 aromatic carbocycles. The van der Waals surface area contributed by atoms with Gasteiger partial charge in [0, 0.05) is 25.7 Å². The standard InChI is InChI=1S/C79H144O17P2/c1-5-9-13-17-21-25-29-33-36-40-43-47-51-55-59-63-76(81)89-69-74(95-78(83)65-61-57-53-49-45-39-32-28-24-20-16-12-8-4)71-93-97(85,86)91-67-73(80)68-92-98(87,88)94-72-75(96-79(84)66-62-58-54-50-46-42-38-35-31-27-23-19-15-11-7-3)70-90-77(82)64-60-56-52-48-44-41-37-34-30-26-22-18-14-10-6-2/h23,27-28,32-38,73-75,80H,5-22,24-26,29-31,39-72H2,1-4H3,(H,85,86)(H,87,88)/b27-23-,32-28-,36-33-,37-34-,38-35-/t73-,74-,75-/m1/s1. The second-order valence-electron chi connectivity index (χ2n) is 26.6. The van der Waals surface area contributed by atoms with Crippen molar-refractivity contribution in [3.8, 4) is 0 Å². The number of aliphatic hydroxyl groups is 1. The average Bonchev–Trinajstić information content (AvgIpc) is 0.984. The maximum absolute atomic E-state index is 13.1. The number of carbonyl (C=O) groups is 4. The molecule has 0 saturated carbocycles. The van der Waals surface area contributed by atoms with E-state index in [-0.39, 0.29) is 25.7 Å². The van der Waals surface area contributed by atoms with Gasteiger partial charge in [0.2, 0.25) is 0 Å². The van der Waals surface area contributed by atoms with E-state index >= 15 is 0 Å². The van der Waals surface area contributed by atoms with Gasteiger partial charge in [-0.15, -0.1) is 0 Å². The van der Waals surface area contributed by atoms with E-state index < -0.39 is 97.5 Å². The number of hydrogen-bond donors (Lipinski definition) is 3. The van der Waals surface area contributed by atoms with E-state index in [0.29, 0.717) is 25.7 Å². The molecular formula is C79H144O17P2. The molecule has 0 fully saturated rings. The molecule has 0 heterocycles. The lowest BCUT2D eigenvalue weighted by Crippen LogP contribution is -2.30. The summed E-state index contributed by atoms with van der Waals surface area (Å²) in [5.41, 5.74) is 0. The second-order valence-corrected chi connectivity index (χ2v) is 29.5. The lowest BCUT2D eigenvalue weighted by atomic mass is 10.1. The summed E-state index contributed by atoms with van der Waals surface area (Å²) in [5.74, 6) is -2.19. The van der Waals surface area contributed by atoms with Crippen molar-refractivity contribution in [3.05, 3.63) is 60.8 Å². The van der Waals surface area contributed by atoms with Crippen LogP contribution in [0.1, 0.15) is 362 Å². The number of carbonyl (C=O) groups excluding carboxylic acids is 4. The molecule has 3 N–H and O–H groups in total. The van der Waals surface area contributed by atoms with Gasteiger partial charge < -0.3 is 33.8 Å². The molecule has 2 unspecified atom stereocenters. The minimum atomic E-state index is -4.97. The highest BCUT2D eigenvalue weighted by atomic mass is 31.2. The van der Waals surface area contributed by atoms with Crippen LogP contribution in [0, 0.1) is 0 Å². The summed E-state index contributed by atoms with van der Waals surface area (Å²) in [6.07, 6.45) is 70.5. The van der Waals surface area contributed by atoms with Crippen LogP contribution in [0.2, 0.25) is 0 Å². The molecule has 5 atom stereocenters. The first-order chi connectivity index (χ1) is 47.7. The Morgan fingerprint density at radius 2 is 0.500 bits per heavy atom. The minimum Gasteiger partial charge on any atom is -0.462 e. The highest BCUT2D eigenvalue weighted by Gasteiger charge is 2.30. The van der Waals surface area contributed by atoms with E-state index in [4.69, 9.17) is 37.0 Å². The van der Waals surface area contributed by atoms with Crippen LogP contribution in [0.4, 0.5) is 0 Å². The summed E-state index contributed by atoms with van der Waals surface area (Å²) in [6.45, 7) is 4.84. The lowest BCUT2D eigenvalue weighted by molar-refractivity contribution is -0.161. The largest absolute Gasteiger partial charge is 0.472 e. The van der Waals surface area contributed by atoms with Gasteiger partial charge in [-0.3, -0.25) is 37.3 Å². The van der Waals surface area contributed by atoms with Crippen molar-refractivity contribution in [1.29, 1.82) is 0 Å². The summed E-state index contributed by atoms with van der Waals surface area (Å²) in [5, 5.41) is 10.6. The molecule has 0 rings (SSSR count). The van der Waals surface area contributed by atoms with E-state index in [1.807, 2.05) is 0 Å². The molecule has 0 saturated heterocycles. The van der Waals surface area contributed by atoms with Crippen molar-refractivity contribution in [1.82, 2.24) is 0 Å². The third kappa shape index (κ3) is 71.2. The van der Waals surface area contributed by atoms with Crippen molar-refractivity contribution in [2.24, 2.45) is 0 Å². The molecule has 572 valence electrons. The summed E-state index contributed by atoms with van der Waals surface area (Å²) < 4.78 is 68.5. The molecule has 0 aliphatic carbocycles. The maximum atomic E-state index is 13.1. The quantitative estimate of drug-likeness (QED) is 0.0169. The Morgan fingerprint density at radius 1 is 0.286 bits per heavy atom. The number of unbranched alkanes of at least 4 members (excludes halogenated alkanes) is 39. The monoisotopic (exact) mass is 1430 g/mol. The van der Waals surface area contributed by atoms with E-state index in [1.54, 1.807) is 0 Å². The first-order valence-electron chi connectivity index (χ1n) is 39.5. The maximum Gasteiger partial charge on any atom is 0.472 e. The molecule has 0 aromatic rings. The van der Waals surface area contributed by atoms with Crippen LogP contribution in [0.25, 0.3) is 0 Å². The fraction of sp³-hybridized carbons (Fsp3) is 0.823. The number of aliphatic hydroxyl groups excluding tert-OH is 1.